The first-order chi connectivity index (χ1) is 8.16. The Morgan fingerprint density at radius 3 is 2.88 bits per heavy atom. The summed E-state index contributed by atoms with van der Waals surface area (Å²) >= 11 is 0. The Morgan fingerprint density at radius 1 is 1.41 bits per heavy atom. The number of nitrogens with two attached hydrogens (primary N) is 1. The highest BCUT2D eigenvalue weighted by Crippen LogP contribution is 2.16. The molecule has 2 unspecified atom stereocenters. The first kappa shape index (κ1) is 11.7. The van der Waals surface area contributed by atoms with Crippen LogP contribution in [0.2, 0.25) is 0 Å². The van der Waals surface area contributed by atoms with Gasteiger partial charge >= 0.3 is 0 Å². The number of rotatable bonds is 4. The van der Waals surface area contributed by atoms with Crippen LogP contribution < -0.4 is 5.73 Å². The Labute approximate surface area is 100 Å². The minimum atomic E-state index is 0.00157. The lowest BCUT2D eigenvalue weighted by atomic mass is 10.1. The molecule has 0 saturated carbocycles. The van der Waals surface area contributed by atoms with Crippen molar-refractivity contribution in [1.82, 2.24) is 15.1 Å². The van der Waals surface area contributed by atoms with Gasteiger partial charge in [0.25, 0.3) is 0 Å². The van der Waals surface area contributed by atoms with Gasteiger partial charge in [-0.15, -0.1) is 0 Å². The predicted octanol–water partition coefficient (Wildman–Crippen LogP) is 1.51. The Kier molecular flexibility index (Phi) is 3.49. The van der Waals surface area contributed by atoms with Crippen LogP contribution in [0.15, 0.2) is 29.0 Å². The lowest BCUT2D eigenvalue weighted by molar-refractivity contribution is 0.343. The Bertz CT molecular complexity index is 466. The second-order valence-electron chi connectivity index (χ2n) is 4.23. The van der Waals surface area contributed by atoms with E-state index in [0.29, 0.717) is 18.1 Å². The Hall–Kier alpha value is -1.75. The van der Waals surface area contributed by atoms with E-state index in [4.69, 9.17) is 10.3 Å². The quantitative estimate of drug-likeness (QED) is 0.864. The van der Waals surface area contributed by atoms with Crippen molar-refractivity contribution < 1.29 is 4.52 Å². The molecule has 5 nitrogen and oxygen atoms in total. The van der Waals surface area contributed by atoms with Gasteiger partial charge in [0, 0.05) is 24.9 Å². The minimum absolute atomic E-state index is 0.00157. The zero-order valence-corrected chi connectivity index (χ0v) is 10.00. The van der Waals surface area contributed by atoms with Gasteiger partial charge in [-0.3, -0.25) is 4.98 Å². The van der Waals surface area contributed by atoms with E-state index in [1.54, 1.807) is 12.4 Å². The lowest BCUT2D eigenvalue weighted by Crippen LogP contribution is -2.22. The van der Waals surface area contributed by atoms with E-state index in [9.17, 15) is 0 Å². The molecular formula is C12H16N4O. The van der Waals surface area contributed by atoms with Gasteiger partial charge in [0.1, 0.15) is 0 Å². The summed E-state index contributed by atoms with van der Waals surface area (Å²) in [7, 11) is 0. The van der Waals surface area contributed by atoms with E-state index in [1.807, 2.05) is 26.0 Å². The molecule has 0 aliphatic carbocycles. The number of pyridine rings is 1. The summed E-state index contributed by atoms with van der Waals surface area (Å²) in [5, 5.41) is 3.95. The van der Waals surface area contributed by atoms with Crippen molar-refractivity contribution in [3.05, 3.63) is 41.8 Å². The standard InChI is InChI=1S/C12H16N4O/c1-8(9(2)13)12-15-11(16-17-12)6-10-4-3-5-14-7-10/h3-5,7-9H,6,13H2,1-2H3. The molecule has 0 aliphatic rings. The molecular weight excluding hydrogens is 216 g/mol. The third-order valence-electron chi connectivity index (χ3n) is 2.75. The van der Waals surface area contributed by atoms with Crippen LogP contribution in [0.3, 0.4) is 0 Å². The van der Waals surface area contributed by atoms with Crippen molar-refractivity contribution in [3.8, 4) is 0 Å². The molecule has 0 spiro atoms. The smallest absolute Gasteiger partial charge is 0.231 e. The van der Waals surface area contributed by atoms with Crippen LogP contribution in [0, 0.1) is 0 Å². The third-order valence-corrected chi connectivity index (χ3v) is 2.75. The Morgan fingerprint density at radius 2 is 2.24 bits per heavy atom. The van der Waals surface area contributed by atoms with E-state index < -0.39 is 0 Å². The number of nitrogens with zero attached hydrogens (tertiary/aromatic N) is 3. The normalized spacial score (nSPS) is 14.5. The fraction of sp³-hybridized carbons (Fsp3) is 0.417. The van der Waals surface area contributed by atoms with Crippen molar-refractivity contribution in [2.75, 3.05) is 0 Å². The molecule has 0 fully saturated rings. The minimum Gasteiger partial charge on any atom is -0.339 e. The molecule has 2 N–H and O–H groups in total. The van der Waals surface area contributed by atoms with Gasteiger partial charge in [0.05, 0.1) is 5.92 Å². The summed E-state index contributed by atoms with van der Waals surface area (Å²) < 4.78 is 5.20. The SMILES string of the molecule is CC(N)C(C)c1nc(Cc2cccnc2)no1. The monoisotopic (exact) mass is 232 g/mol. The predicted molar refractivity (Wildman–Crippen MR) is 63.4 cm³/mol. The topological polar surface area (TPSA) is 77.8 Å². The number of hydrogen-bond acceptors (Lipinski definition) is 5. The van der Waals surface area contributed by atoms with Crippen LogP contribution in [0.5, 0.6) is 0 Å². The van der Waals surface area contributed by atoms with E-state index in [1.165, 1.54) is 0 Å². The second-order valence-corrected chi connectivity index (χ2v) is 4.23. The first-order valence-corrected chi connectivity index (χ1v) is 5.64. The maximum Gasteiger partial charge on any atom is 0.231 e. The van der Waals surface area contributed by atoms with Crippen molar-refractivity contribution in [2.45, 2.75) is 32.2 Å². The molecule has 17 heavy (non-hydrogen) atoms. The van der Waals surface area contributed by atoms with E-state index in [2.05, 4.69) is 15.1 Å². The van der Waals surface area contributed by atoms with Gasteiger partial charge in [-0.05, 0) is 18.6 Å². The summed E-state index contributed by atoms with van der Waals surface area (Å²) in [6.07, 6.45) is 4.16. The maximum absolute atomic E-state index is 5.79. The van der Waals surface area contributed by atoms with Crippen molar-refractivity contribution >= 4 is 0 Å². The lowest BCUT2D eigenvalue weighted by Gasteiger charge is -2.09. The average Bonchev–Trinajstić information content (AvgIpc) is 2.77. The van der Waals surface area contributed by atoms with Gasteiger partial charge in [0.15, 0.2) is 5.82 Å². The molecule has 0 saturated heterocycles. The fourth-order valence-corrected chi connectivity index (χ4v) is 1.43. The highest BCUT2D eigenvalue weighted by molar-refractivity contribution is 5.14. The van der Waals surface area contributed by atoms with Gasteiger partial charge < -0.3 is 10.3 Å². The molecule has 90 valence electrons. The van der Waals surface area contributed by atoms with Crippen LogP contribution in [0.25, 0.3) is 0 Å². The summed E-state index contributed by atoms with van der Waals surface area (Å²) in [6, 6.07) is 3.88. The molecule has 0 radical (unpaired) electrons. The maximum atomic E-state index is 5.79. The van der Waals surface area contributed by atoms with E-state index >= 15 is 0 Å². The first-order valence-electron chi connectivity index (χ1n) is 5.64. The summed E-state index contributed by atoms with van der Waals surface area (Å²) in [6.45, 7) is 3.90. The van der Waals surface area contributed by atoms with Crippen LogP contribution in [-0.4, -0.2) is 21.2 Å². The van der Waals surface area contributed by atoms with Gasteiger partial charge in [0.2, 0.25) is 5.89 Å². The molecule has 0 amide bonds. The molecule has 0 bridgehead atoms. The molecule has 2 rings (SSSR count). The second kappa shape index (κ2) is 5.05. The summed E-state index contributed by atoms with van der Waals surface area (Å²) in [5.41, 5.74) is 6.86. The van der Waals surface area contributed by atoms with Crippen LogP contribution in [0.4, 0.5) is 0 Å². The summed E-state index contributed by atoms with van der Waals surface area (Å²) in [4.78, 5) is 8.39. The fourth-order valence-electron chi connectivity index (χ4n) is 1.43. The van der Waals surface area contributed by atoms with Gasteiger partial charge in [-0.25, -0.2) is 0 Å². The zero-order valence-electron chi connectivity index (χ0n) is 10.00. The van der Waals surface area contributed by atoms with E-state index in [0.717, 1.165) is 5.56 Å². The van der Waals surface area contributed by atoms with Gasteiger partial charge in [-0.1, -0.05) is 18.1 Å². The highest BCUT2D eigenvalue weighted by atomic mass is 16.5. The van der Waals surface area contributed by atoms with Crippen LogP contribution >= 0.6 is 0 Å². The summed E-state index contributed by atoms with van der Waals surface area (Å²) in [5.74, 6) is 1.34. The molecule has 0 aliphatic heterocycles. The highest BCUT2D eigenvalue weighted by Gasteiger charge is 2.17. The number of hydrogen-bond donors (Lipinski definition) is 1. The zero-order chi connectivity index (χ0) is 12.3. The molecule has 2 heterocycles. The van der Waals surface area contributed by atoms with Crippen molar-refractivity contribution in [1.29, 1.82) is 0 Å². The van der Waals surface area contributed by atoms with Crippen molar-refractivity contribution in [2.24, 2.45) is 5.73 Å². The van der Waals surface area contributed by atoms with Gasteiger partial charge in [-0.2, -0.15) is 4.98 Å². The number of aromatic nitrogens is 3. The molecule has 2 atom stereocenters. The average molecular weight is 232 g/mol. The molecule has 2 aromatic heterocycles. The molecule has 0 aromatic carbocycles. The van der Waals surface area contributed by atoms with Crippen molar-refractivity contribution in [3.63, 3.8) is 0 Å². The largest absolute Gasteiger partial charge is 0.339 e. The van der Waals surface area contributed by atoms with Crippen LogP contribution in [-0.2, 0) is 6.42 Å². The van der Waals surface area contributed by atoms with Crippen LogP contribution in [0.1, 0.15) is 37.0 Å². The Balaban J connectivity index is 2.09. The molecule has 2 aromatic rings. The molecule has 5 heteroatoms. The third kappa shape index (κ3) is 2.88. The van der Waals surface area contributed by atoms with E-state index in [-0.39, 0.29) is 12.0 Å².